The zero-order valence-corrected chi connectivity index (χ0v) is 11.3. The normalized spacial score (nSPS) is 10.8. The number of hydrogen-bond donors (Lipinski definition) is 1. The van der Waals surface area contributed by atoms with Crippen molar-refractivity contribution in [1.29, 1.82) is 0 Å². The fourth-order valence-electron chi connectivity index (χ4n) is 1.73. The van der Waals surface area contributed by atoms with Crippen molar-refractivity contribution in [2.45, 2.75) is 26.9 Å². The van der Waals surface area contributed by atoms with Gasteiger partial charge in [0.05, 0.1) is 11.5 Å². The highest BCUT2D eigenvalue weighted by atomic mass is 16.6. The first-order chi connectivity index (χ1) is 9.38. The molecule has 0 fully saturated rings. The average Bonchev–Trinajstić information content (AvgIpc) is 2.33. The minimum absolute atomic E-state index is 0.0342. The quantitative estimate of drug-likeness (QED) is 0.684. The van der Waals surface area contributed by atoms with Crippen molar-refractivity contribution in [3.8, 4) is 17.2 Å². The van der Waals surface area contributed by atoms with Crippen LogP contribution < -0.4 is 15.1 Å². The van der Waals surface area contributed by atoms with Crippen molar-refractivity contribution in [2.24, 2.45) is 0 Å². The Morgan fingerprint density at radius 2 is 2.05 bits per heavy atom. The lowest BCUT2D eigenvalue weighted by molar-refractivity contribution is -0.132. The number of ether oxygens (including phenoxy) is 2. The van der Waals surface area contributed by atoms with E-state index in [1.54, 1.807) is 6.07 Å². The van der Waals surface area contributed by atoms with E-state index in [0.717, 1.165) is 6.92 Å². The Balaban J connectivity index is 2.58. The molecule has 0 aliphatic carbocycles. The summed E-state index contributed by atoms with van der Waals surface area (Å²) in [5.41, 5.74) is -0.770. The lowest BCUT2D eigenvalue weighted by atomic mass is 10.2. The summed E-state index contributed by atoms with van der Waals surface area (Å²) >= 11 is 0. The van der Waals surface area contributed by atoms with Crippen LogP contribution in [0.5, 0.6) is 17.2 Å². The number of hydrogen-bond acceptors (Lipinski definition) is 6. The van der Waals surface area contributed by atoms with Crippen LogP contribution in [0.2, 0.25) is 0 Å². The number of benzene rings is 1. The Hall–Kier alpha value is -2.50. The van der Waals surface area contributed by atoms with E-state index in [-0.39, 0.29) is 17.1 Å². The molecule has 0 amide bonds. The molecule has 0 spiro atoms. The van der Waals surface area contributed by atoms with Crippen LogP contribution in [0.25, 0.3) is 11.0 Å². The van der Waals surface area contributed by atoms with Gasteiger partial charge in [0, 0.05) is 13.0 Å². The molecule has 1 heterocycles. The van der Waals surface area contributed by atoms with Crippen LogP contribution in [0, 0.1) is 0 Å². The molecule has 0 aliphatic rings. The monoisotopic (exact) mass is 278 g/mol. The molecular formula is C14H14O6. The smallest absolute Gasteiger partial charge is 0.383 e. The minimum Gasteiger partial charge on any atom is -0.504 e. The Kier molecular flexibility index (Phi) is 3.65. The number of esters is 1. The second kappa shape index (κ2) is 5.24. The maximum absolute atomic E-state index is 11.7. The van der Waals surface area contributed by atoms with Gasteiger partial charge in [0.1, 0.15) is 11.3 Å². The Bertz CT molecular complexity index is 713. The van der Waals surface area contributed by atoms with Gasteiger partial charge in [-0.1, -0.05) is 0 Å². The van der Waals surface area contributed by atoms with Crippen LogP contribution in [0.15, 0.2) is 27.4 Å². The van der Waals surface area contributed by atoms with Gasteiger partial charge in [-0.05, 0) is 26.0 Å². The molecule has 0 atom stereocenters. The third-order valence-corrected chi connectivity index (χ3v) is 2.43. The van der Waals surface area contributed by atoms with Crippen LogP contribution in [0.1, 0.15) is 20.8 Å². The molecule has 0 radical (unpaired) electrons. The summed E-state index contributed by atoms with van der Waals surface area (Å²) in [5.74, 6) is -1.15. The summed E-state index contributed by atoms with van der Waals surface area (Å²) in [6, 6.07) is 4.64. The first kappa shape index (κ1) is 13.9. The van der Waals surface area contributed by atoms with E-state index in [9.17, 15) is 14.7 Å². The van der Waals surface area contributed by atoms with Crippen LogP contribution in [-0.2, 0) is 4.79 Å². The fourth-order valence-corrected chi connectivity index (χ4v) is 1.73. The number of aromatic hydroxyl groups is 1. The second-order valence-corrected chi connectivity index (χ2v) is 4.49. The van der Waals surface area contributed by atoms with Gasteiger partial charge in [-0.3, -0.25) is 4.79 Å². The van der Waals surface area contributed by atoms with Crippen molar-refractivity contribution in [2.75, 3.05) is 0 Å². The van der Waals surface area contributed by atoms with Crippen molar-refractivity contribution in [3.05, 3.63) is 28.6 Å². The van der Waals surface area contributed by atoms with E-state index >= 15 is 0 Å². The van der Waals surface area contributed by atoms with Crippen LogP contribution in [0.4, 0.5) is 0 Å². The third-order valence-electron chi connectivity index (χ3n) is 2.43. The molecule has 0 unspecified atom stereocenters. The Labute approximate surface area is 114 Å². The van der Waals surface area contributed by atoms with Crippen molar-refractivity contribution < 1.29 is 23.8 Å². The Morgan fingerprint density at radius 1 is 1.35 bits per heavy atom. The lowest BCUT2D eigenvalue weighted by Crippen LogP contribution is -2.11. The first-order valence-electron chi connectivity index (χ1n) is 6.03. The summed E-state index contributed by atoms with van der Waals surface area (Å²) in [4.78, 5) is 22.6. The van der Waals surface area contributed by atoms with E-state index in [2.05, 4.69) is 4.74 Å². The van der Waals surface area contributed by atoms with Crippen molar-refractivity contribution in [3.63, 3.8) is 0 Å². The summed E-state index contributed by atoms with van der Waals surface area (Å²) in [6.07, 6.45) is -0.0342. The Morgan fingerprint density at radius 3 is 2.65 bits per heavy atom. The topological polar surface area (TPSA) is 86.0 Å². The molecule has 0 bridgehead atoms. The number of fused-ring (bicyclic) bond motifs is 1. The molecule has 0 aliphatic heterocycles. The van der Waals surface area contributed by atoms with Crippen molar-refractivity contribution >= 4 is 16.9 Å². The molecule has 2 rings (SSSR count). The van der Waals surface area contributed by atoms with E-state index in [4.69, 9.17) is 9.15 Å². The zero-order valence-electron chi connectivity index (χ0n) is 11.3. The number of carbonyl (C=O) groups is 1. The molecule has 106 valence electrons. The predicted molar refractivity (Wildman–Crippen MR) is 71.2 cm³/mol. The predicted octanol–water partition coefficient (Wildman–Crippen LogP) is 2.21. The van der Waals surface area contributed by atoms with Gasteiger partial charge in [0.2, 0.25) is 0 Å². The van der Waals surface area contributed by atoms with Gasteiger partial charge in [-0.25, -0.2) is 4.79 Å². The van der Waals surface area contributed by atoms with Gasteiger partial charge in [0.25, 0.3) is 5.75 Å². The van der Waals surface area contributed by atoms with E-state index in [0.29, 0.717) is 5.75 Å². The van der Waals surface area contributed by atoms with E-state index in [1.165, 1.54) is 12.1 Å². The molecule has 1 aromatic heterocycles. The molecule has 0 saturated carbocycles. The minimum atomic E-state index is -0.924. The molecule has 0 saturated heterocycles. The van der Waals surface area contributed by atoms with Crippen molar-refractivity contribution in [1.82, 2.24) is 0 Å². The summed E-state index contributed by atoms with van der Waals surface area (Å²) in [6.45, 7) is 4.85. The molecule has 6 heteroatoms. The van der Waals surface area contributed by atoms with Gasteiger partial charge in [-0.15, -0.1) is 0 Å². The van der Waals surface area contributed by atoms with Crippen LogP contribution >= 0.6 is 0 Å². The second-order valence-electron chi connectivity index (χ2n) is 4.49. The summed E-state index contributed by atoms with van der Waals surface area (Å²) < 4.78 is 15.1. The maximum Gasteiger partial charge on any atom is 0.383 e. The number of carbonyl (C=O) groups excluding carboxylic acids is 1. The highest BCUT2D eigenvalue weighted by Gasteiger charge is 2.17. The molecule has 20 heavy (non-hydrogen) atoms. The lowest BCUT2D eigenvalue weighted by Gasteiger charge is -2.10. The van der Waals surface area contributed by atoms with Gasteiger partial charge >= 0.3 is 11.6 Å². The maximum atomic E-state index is 11.7. The zero-order chi connectivity index (χ0) is 14.9. The SMILES string of the molecule is CC(=O)Oc1c(O)c2ccc(OC(C)C)cc2oc1=O. The first-order valence-corrected chi connectivity index (χ1v) is 6.03. The van der Waals surface area contributed by atoms with E-state index < -0.39 is 23.1 Å². The standard InChI is InChI=1S/C14H14O6/c1-7(2)18-9-4-5-10-11(6-9)20-14(17)13(12(10)16)19-8(3)15/h4-7,16H,1-3H3. The van der Waals surface area contributed by atoms with E-state index in [1.807, 2.05) is 13.8 Å². The summed E-state index contributed by atoms with van der Waals surface area (Å²) in [5, 5.41) is 10.2. The third kappa shape index (κ3) is 2.74. The summed E-state index contributed by atoms with van der Waals surface area (Å²) in [7, 11) is 0. The molecule has 2 aromatic rings. The van der Waals surface area contributed by atoms with Gasteiger partial charge < -0.3 is 19.0 Å². The van der Waals surface area contributed by atoms with Gasteiger partial charge in [-0.2, -0.15) is 0 Å². The van der Waals surface area contributed by atoms with Crippen LogP contribution in [-0.4, -0.2) is 17.2 Å². The average molecular weight is 278 g/mol. The number of rotatable bonds is 3. The fraction of sp³-hybridized carbons (Fsp3) is 0.286. The highest BCUT2D eigenvalue weighted by Crippen LogP contribution is 2.33. The highest BCUT2D eigenvalue weighted by molar-refractivity contribution is 5.87. The molecule has 1 aromatic carbocycles. The largest absolute Gasteiger partial charge is 0.504 e. The van der Waals surface area contributed by atoms with Crippen LogP contribution in [0.3, 0.4) is 0 Å². The molecule has 6 nitrogen and oxygen atoms in total. The van der Waals surface area contributed by atoms with Gasteiger partial charge in [0.15, 0.2) is 5.75 Å². The molecule has 1 N–H and O–H groups in total. The molecular weight excluding hydrogens is 264 g/mol.